The van der Waals surface area contributed by atoms with Gasteiger partial charge in [0.25, 0.3) is 0 Å². The third-order valence-electron chi connectivity index (χ3n) is 4.48. The van der Waals surface area contributed by atoms with Crippen LogP contribution in [0.25, 0.3) is 0 Å². The summed E-state index contributed by atoms with van der Waals surface area (Å²) in [4.78, 5) is 18.5. The van der Waals surface area contributed by atoms with Gasteiger partial charge in [0.2, 0.25) is 11.8 Å². The first-order chi connectivity index (χ1) is 12.1. The van der Waals surface area contributed by atoms with Crippen LogP contribution < -0.4 is 4.90 Å². The molecule has 0 N–H and O–H groups in total. The van der Waals surface area contributed by atoms with Crippen molar-refractivity contribution in [2.75, 3.05) is 11.4 Å². The molecule has 2 aromatic rings. The third-order valence-corrected chi connectivity index (χ3v) is 6.42. The highest BCUT2D eigenvalue weighted by Gasteiger charge is 2.36. The molecule has 8 heteroatoms. The fraction of sp³-hybridized carbons (Fsp3) is 0.500. The van der Waals surface area contributed by atoms with Crippen LogP contribution in [0.3, 0.4) is 0 Å². The number of anilines is 1. The number of fused-ring (bicyclic) bond motifs is 1. The predicted molar refractivity (Wildman–Crippen MR) is 97.6 cm³/mol. The van der Waals surface area contributed by atoms with Gasteiger partial charge in [-0.05, 0) is 25.0 Å². The van der Waals surface area contributed by atoms with Gasteiger partial charge in [0.15, 0.2) is 15.7 Å². The molecular formula is C18H23N3O4S. The van der Waals surface area contributed by atoms with Crippen LogP contribution in [0.15, 0.2) is 28.8 Å². The highest BCUT2D eigenvalue weighted by molar-refractivity contribution is 7.92. The van der Waals surface area contributed by atoms with Crippen molar-refractivity contribution in [3.05, 3.63) is 41.5 Å². The first-order valence-corrected chi connectivity index (χ1v) is 10.2. The van der Waals surface area contributed by atoms with Crippen molar-refractivity contribution in [1.29, 1.82) is 0 Å². The van der Waals surface area contributed by atoms with E-state index < -0.39 is 26.7 Å². The molecule has 3 rings (SSSR count). The van der Waals surface area contributed by atoms with Crippen molar-refractivity contribution in [3.8, 4) is 0 Å². The Morgan fingerprint density at radius 1 is 1.31 bits per heavy atom. The first-order valence-electron chi connectivity index (χ1n) is 8.53. The molecule has 2 heterocycles. The summed E-state index contributed by atoms with van der Waals surface area (Å²) in [6.45, 7) is 7.61. The molecule has 1 aromatic carbocycles. The van der Waals surface area contributed by atoms with E-state index in [4.69, 9.17) is 4.52 Å². The van der Waals surface area contributed by atoms with Crippen LogP contribution >= 0.6 is 0 Å². The summed E-state index contributed by atoms with van der Waals surface area (Å²) in [6, 6.07) is 7.55. The fourth-order valence-electron chi connectivity index (χ4n) is 2.86. The van der Waals surface area contributed by atoms with Crippen molar-refractivity contribution in [2.45, 2.75) is 50.5 Å². The summed E-state index contributed by atoms with van der Waals surface area (Å²) in [6.07, 6.45) is 0.731. The minimum absolute atomic E-state index is 0.0800. The van der Waals surface area contributed by atoms with E-state index in [0.717, 1.165) is 17.7 Å². The normalized spacial score (nSPS) is 15.8. The lowest BCUT2D eigenvalue weighted by atomic mass is 9.97. The zero-order chi connectivity index (χ0) is 19.1. The number of aromatic nitrogens is 2. The second-order valence-electron chi connectivity index (χ2n) is 7.58. The number of carbonyl (C=O) groups excluding carboxylic acids is 1. The number of nitrogens with zero attached hydrogens (tertiary/aromatic N) is 3. The monoisotopic (exact) mass is 377 g/mol. The van der Waals surface area contributed by atoms with Gasteiger partial charge in [-0.25, -0.2) is 8.42 Å². The zero-order valence-corrected chi connectivity index (χ0v) is 16.2. The number of carbonyl (C=O) groups is 1. The molecule has 1 aliphatic rings. The van der Waals surface area contributed by atoms with E-state index in [-0.39, 0.29) is 11.2 Å². The Kier molecular flexibility index (Phi) is 4.64. The van der Waals surface area contributed by atoms with Crippen LogP contribution in [-0.4, -0.2) is 36.3 Å². The van der Waals surface area contributed by atoms with Crippen molar-refractivity contribution >= 4 is 21.4 Å². The van der Waals surface area contributed by atoms with Gasteiger partial charge in [0.05, 0.1) is 0 Å². The summed E-state index contributed by atoms with van der Waals surface area (Å²) < 4.78 is 30.5. The number of hydrogen-bond acceptors (Lipinski definition) is 6. The highest BCUT2D eigenvalue weighted by Crippen LogP contribution is 2.29. The first kappa shape index (κ1) is 18.6. The van der Waals surface area contributed by atoms with Gasteiger partial charge in [-0.2, -0.15) is 4.98 Å². The van der Waals surface area contributed by atoms with Gasteiger partial charge in [-0.3, -0.25) is 4.79 Å². The molecule has 1 aromatic heterocycles. The summed E-state index contributed by atoms with van der Waals surface area (Å²) in [7, 11) is -3.76. The lowest BCUT2D eigenvalue weighted by Gasteiger charge is -2.21. The molecule has 26 heavy (non-hydrogen) atoms. The number of para-hydroxylation sites is 1. The third kappa shape index (κ3) is 3.51. The number of rotatable bonds is 4. The number of hydrogen-bond donors (Lipinski definition) is 0. The molecule has 0 saturated heterocycles. The molecule has 140 valence electrons. The summed E-state index contributed by atoms with van der Waals surface area (Å²) >= 11 is 0. The largest absolute Gasteiger partial charge is 0.339 e. The molecule has 7 nitrogen and oxygen atoms in total. The van der Waals surface area contributed by atoms with E-state index in [0.29, 0.717) is 12.4 Å². The van der Waals surface area contributed by atoms with Crippen LogP contribution in [0.2, 0.25) is 0 Å². The van der Waals surface area contributed by atoms with Gasteiger partial charge < -0.3 is 9.42 Å². The Morgan fingerprint density at radius 2 is 2.00 bits per heavy atom. The topological polar surface area (TPSA) is 93.4 Å². The molecule has 1 unspecified atom stereocenters. The van der Waals surface area contributed by atoms with Crippen LogP contribution in [0.1, 0.15) is 45.0 Å². The van der Waals surface area contributed by atoms with Crippen molar-refractivity contribution in [3.63, 3.8) is 0 Å². The maximum Gasteiger partial charge on any atom is 0.245 e. The van der Waals surface area contributed by atoms with Crippen molar-refractivity contribution in [2.24, 2.45) is 0 Å². The standard InChI is InChI=1S/C18H23N3O4S/c1-12(16(22)21-10-9-13-7-5-6-8-14(13)21)26(23,24)11-15-19-17(25-20-15)18(2,3)4/h5-8,12H,9-11H2,1-4H3. The molecule has 1 aliphatic heterocycles. The van der Waals surface area contributed by atoms with Gasteiger partial charge in [0, 0.05) is 17.6 Å². The second-order valence-corrected chi connectivity index (χ2v) is 9.91. The van der Waals surface area contributed by atoms with Crippen LogP contribution in [-0.2, 0) is 32.2 Å². The smallest absolute Gasteiger partial charge is 0.245 e. The fourth-order valence-corrected chi connectivity index (χ4v) is 4.02. The predicted octanol–water partition coefficient (Wildman–Crippen LogP) is 2.26. The molecule has 0 spiro atoms. The van der Waals surface area contributed by atoms with Crippen LogP contribution in [0.5, 0.6) is 0 Å². The zero-order valence-electron chi connectivity index (χ0n) is 15.4. The average Bonchev–Trinajstić information content (AvgIpc) is 3.19. The SMILES string of the molecule is CC(C(=O)N1CCc2ccccc21)S(=O)(=O)Cc1noc(C(C)(C)C)n1. The quantitative estimate of drug-likeness (QED) is 0.811. The molecule has 0 saturated carbocycles. The van der Waals surface area contributed by atoms with Crippen molar-refractivity contribution in [1.82, 2.24) is 10.1 Å². The van der Waals surface area contributed by atoms with E-state index in [1.807, 2.05) is 45.0 Å². The second kappa shape index (κ2) is 6.50. The maximum atomic E-state index is 12.8. The summed E-state index contributed by atoms with van der Waals surface area (Å²) in [5.41, 5.74) is 1.47. The molecule has 0 radical (unpaired) electrons. The Bertz CT molecular complexity index is 928. The molecule has 0 fully saturated rings. The van der Waals surface area contributed by atoms with Crippen LogP contribution in [0, 0.1) is 0 Å². The van der Waals surface area contributed by atoms with E-state index in [2.05, 4.69) is 10.1 Å². The summed E-state index contributed by atoms with van der Waals surface area (Å²) in [5, 5.41) is 2.58. The molecule has 0 aliphatic carbocycles. The van der Waals surface area contributed by atoms with Crippen LogP contribution in [0.4, 0.5) is 5.69 Å². The van der Waals surface area contributed by atoms with E-state index in [1.165, 1.54) is 6.92 Å². The molecule has 1 amide bonds. The Morgan fingerprint density at radius 3 is 2.65 bits per heavy atom. The highest BCUT2D eigenvalue weighted by atomic mass is 32.2. The minimum Gasteiger partial charge on any atom is -0.339 e. The Labute approximate surface area is 153 Å². The van der Waals surface area contributed by atoms with E-state index >= 15 is 0 Å². The number of benzene rings is 1. The lowest BCUT2D eigenvalue weighted by Crippen LogP contribution is -2.41. The minimum atomic E-state index is -3.76. The average molecular weight is 377 g/mol. The molecule has 1 atom stereocenters. The van der Waals surface area contributed by atoms with Gasteiger partial charge in [0.1, 0.15) is 11.0 Å². The Hall–Kier alpha value is -2.22. The number of amides is 1. The Balaban J connectivity index is 1.77. The molecular weight excluding hydrogens is 354 g/mol. The van der Waals surface area contributed by atoms with E-state index in [1.54, 1.807) is 4.90 Å². The maximum absolute atomic E-state index is 12.8. The van der Waals surface area contributed by atoms with Gasteiger partial charge in [-0.1, -0.05) is 44.1 Å². The van der Waals surface area contributed by atoms with Gasteiger partial charge in [-0.15, -0.1) is 0 Å². The number of sulfone groups is 1. The summed E-state index contributed by atoms with van der Waals surface area (Å²) in [5.74, 6) is -0.393. The molecule has 0 bridgehead atoms. The van der Waals surface area contributed by atoms with E-state index in [9.17, 15) is 13.2 Å². The van der Waals surface area contributed by atoms with Gasteiger partial charge >= 0.3 is 0 Å². The van der Waals surface area contributed by atoms with Crippen molar-refractivity contribution < 1.29 is 17.7 Å². The lowest BCUT2D eigenvalue weighted by molar-refractivity contribution is -0.117.